The van der Waals surface area contributed by atoms with Crippen LogP contribution in [0.1, 0.15) is 51.7 Å². The van der Waals surface area contributed by atoms with E-state index in [1.807, 2.05) is 18.2 Å². The van der Waals surface area contributed by atoms with Gasteiger partial charge in [0.05, 0.1) is 29.2 Å². The van der Waals surface area contributed by atoms with Gasteiger partial charge in [-0.3, -0.25) is 5.41 Å². The van der Waals surface area contributed by atoms with E-state index in [0.29, 0.717) is 41.2 Å². The molecular weight excluding hydrogens is 427 g/mol. The molecule has 1 heterocycles. The molecular formula is C24H31FN4O2S. The number of fused-ring (bicyclic) bond motifs is 1. The number of ether oxygens (including phenoxy) is 2. The number of benzene rings is 2. The van der Waals surface area contributed by atoms with Crippen molar-refractivity contribution >= 4 is 29.1 Å². The van der Waals surface area contributed by atoms with E-state index in [4.69, 9.17) is 26.4 Å². The van der Waals surface area contributed by atoms with E-state index in [9.17, 15) is 0 Å². The van der Waals surface area contributed by atoms with Gasteiger partial charge in [0.25, 0.3) is 0 Å². The van der Waals surface area contributed by atoms with Crippen molar-refractivity contribution in [2.24, 2.45) is 22.6 Å². The monoisotopic (exact) mass is 458 g/mol. The van der Waals surface area contributed by atoms with Gasteiger partial charge in [-0.1, -0.05) is 51.6 Å². The van der Waals surface area contributed by atoms with E-state index in [2.05, 4.69) is 32.7 Å². The summed E-state index contributed by atoms with van der Waals surface area (Å²) in [7, 11) is 0. The second kappa shape index (κ2) is 10.3. The Morgan fingerprint density at radius 1 is 0.969 bits per heavy atom. The minimum absolute atomic E-state index is 0.0111. The first kappa shape index (κ1) is 23.9. The SMILES string of the molecule is CC(C)CCOc1c(F)c(Sc2ccccc2N)c(OCCC(C)C)c2c1C(=N)N=C2N. The minimum atomic E-state index is -0.588. The molecule has 6 nitrogen and oxygen atoms in total. The van der Waals surface area contributed by atoms with Crippen molar-refractivity contribution in [3.8, 4) is 11.5 Å². The molecule has 1 aliphatic rings. The molecule has 5 N–H and O–H groups in total. The zero-order valence-electron chi connectivity index (χ0n) is 19.0. The molecule has 172 valence electrons. The van der Waals surface area contributed by atoms with Gasteiger partial charge in [0, 0.05) is 10.6 Å². The maximum Gasteiger partial charge on any atom is 0.183 e. The number of aliphatic imine (C=N–C) groups is 1. The van der Waals surface area contributed by atoms with Gasteiger partial charge in [0.2, 0.25) is 0 Å². The predicted molar refractivity (Wildman–Crippen MR) is 129 cm³/mol. The molecule has 0 bridgehead atoms. The maximum absolute atomic E-state index is 16.0. The molecule has 0 radical (unpaired) electrons. The van der Waals surface area contributed by atoms with Crippen LogP contribution in [0.4, 0.5) is 10.1 Å². The number of halogens is 1. The fourth-order valence-electron chi connectivity index (χ4n) is 3.20. The average Bonchev–Trinajstić information content (AvgIpc) is 3.01. The molecule has 0 amide bonds. The van der Waals surface area contributed by atoms with Gasteiger partial charge in [-0.25, -0.2) is 9.38 Å². The summed E-state index contributed by atoms with van der Waals surface area (Å²) in [5, 5.41) is 8.29. The van der Waals surface area contributed by atoms with Gasteiger partial charge < -0.3 is 20.9 Å². The quantitative estimate of drug-likeness (QED) is 0.410. The largest absolute Gasteiger partial charge is 0.491 e. The molecule has 0 saturated heterocycles. The fraction of sp³-hybridized carbons (Fsp3) is 0.417. The van der Waals surface area contributed by atoms with E-state index in [1.165, 1.54) is 0 Å². The number of nitrogen functional groups attached to an aromatic ring is 1. The van der Waals surface area contributed by atoms with Crippen LogP contribution in [0.3, 0.4) is 0 Å². The van der Waals surface area contributed by atoms with Gasteiger partial charge >= 0.3 is 0 Å². The highest BCUT2D eigenvalue weighted by atomic mass is 32.2. The Kier molecular flexibility index (Phi) is 7.66. The van der Waals surface area contributed by atoms with Gasteiger partial charge in [0.1, 0.15) is 11.6 Å². The number of nitrogens with zero attached hydrogens (tertiary/aromatic N) is 1. The summed E-state index contributed by atoms with van der Waals surface area (Å²) < 4.78 is 27.9. The number of amidine groups is 2. The van der Waals surface area contributed by atoms with E-state index < -0.39 is 5.82 Å². The van der Waals surface area contributed by atoms with Gasteiger partial charge in [-0.15, -0.1) is 0 Å². The van der Waals surface area contributed by atoms with Crippen molar-refractivity contribution < 1.29 is 13.9 Å². The molecule has 0 aromatic heterocycles. The highest BCUT2D eigenvalue weighted by molar-refractivity contribution is 7.99. The van der Waals surface area contributed by atoms with Crippen LogP contribution < -0.4 is 20.9 Å². The van der Waals surface area contributed by atoms with Crippen LogP contribution in [-0.2, 0) is 0 Å². The normalized spacial score (nSPS) is 13.0. The summed E-state index contributed by atoms with van der Waals surface area (Å²) in [4.78, 5) is 5.01. The number of para-hydroxylation sites is 1. The number of hydrogen-bond donors (Lipinski definition) is 3. The van der Waals surface area contributed by atoms with Crippen molar-refractivity contribution in [1.82, 2.24) is 0 Å². The lowest BCUT2D eigenvalue weighted by atomic mass is 10.0. The van der Waals surface area contributed by atoms with Gasteiger partial charge in [-0.2, -0.15) is 0 Å². The van der Waals surface area contributed by atoms with E-state index >= 15 is 4.39 Å². The molecule has 0 spiro atoms. The summed E-state index contributed by atoms with van der Waals surface area (Å²) in [6.45, 7) is 9.02. The van der Waals surface area contributed by atoms with Crippen LogP contribution in [0.15, 0.2) is 39.0 Å². The number of nitrogens with one attached hydrogen (secondary N) is 1. The van der Waals surface area contributed by atoms with Crippen molar-refractivity contribution in [3.63, 3.8) is 0 Å². The van der Waals surface area contributed by atoms with Crippen LogP contribution in [0.2, 0.25) is 0 Å². The van der Waals surface area contributed by atoms with Crippen LogP contribution in [0.25, 0.3) is 0 Å². The minimum Gasteiger partial charge on any atom is -0.491 e. The van der Waals surface area contributed by atoms with Crippen LogP contribution in [0.5, 0.6) is 11.5 Å². The lowest BCUT2D eigenvalue weighted by Crippen LogP contribution is -2.16. The Labute approximate surface area is 193 Å². The Morgan fingerprint density at radius 2 is 1.56 bits per heavy atom. The second-order valence-corrected chi connectivity index (χ2v) is 9.65. The first-order valence-electron chi connectivity index (χ1n) is 10.8. The Hall–Kier alpha value is -2.74. The molecule has 0 fully saturated rings. The third kappa shape index (κ3) is 5.18. The molecule has 0 saturated carbocycles. The van der Waals surface area contributed by atoms with Crippen LogP contribution in [-0.4, -0.2) is 24.9 Å². The molecule has 2 aromatic carbocycles. The van der Waals surface area contributed by atoms with Gasteiger partial charge in [-0.05, 0) is 36.8 Å². The van der Waals surface area contributed by atoms with E-state index in [1.54, 1.807) is 6.07 Å². The highest BCUT2D eigenvalue weighted by Crippen LogP contribution is 2.48. The standard InChI is InChI=1S/C24H31FN4O2S/c1-13(2)9-11-30-20-17-18(24(28)29-23(17)27)21(31-12-10-14(3)4)22(19(20)25)32-16-8-6-5-7-15(16)26/h5-8,13-14H,9-12,26H2,1-4H3,(H3,27,28,29). The molecule has 8 heteroatoms. The molecule has 2 aromatic rings. The fourth-order valence-corrected chi connectivity index (χ4v) is 4.19. The summed E-state index contributed by atoms with van der Waals surface area (Å²) >= 11 is 1.16. The first-order valence-corrected chi connectivity index (χ1v) is 11.6. The van der Waals surface area contributed by atoms with Crippen molar-refractivity contribution in [2.45, 2.75) is 50.3 Å². The molecule has 0 atom stereocenters. The Morgan fingerprint density at radius 3 is 2.16 bits per heavy atom. The summed E-state index contributed by atoms with van der Waals surface area (Å²) in [5.41, 5.74) is 13.5. The molecule has 32 heavy (non-hydrogen) atoms. The van der Waals surface area contributed by atoms with Crippen molar-refractivity contribution in [2.75, 3.05) is 18.9 Å². The summed E-state index contributed by atoms with van der Waals surface area (Å²) in [6, 6.07) is 7.25. The lowest BCUT2D eigenvalue weighted by molar-refractivity contribution is 0.263. The average molecular weight is 459 g/mol. The molecule has 0 aliphatic carbocycles. The summed E-state index contributed by atoms with van der Waals surface area (Å²) in [6.07, 6.45) is 1.54. The molecule has 1 aliphatic heterocycles. The third-order valence-corrected chi connectivity index (χ3v) is 6.21. The topological polar surface area (TPSA) is 107 Å². The smallest absolute Gasteiger partial charge is 0.183 e. The van der Waals surface area contributed by atoms with E-state index in [0.717, 1.165) is 24.6 Å². The van der Waals surface area contributed by atoms with Crippen LogP contribution in [0, 0.1) is 23.1 Å². The van der Waals surface area contributed by atoms with Crippen molar-refractivity contribution in [3.05, 3.63) is 41.2 Å². The zero-order valence-corrected chi connectivity index (χ0v) is 19.8. The molecule has 3 rings (SSSR count). The highest BCUT2D eigenvalue weighted by Gasteiger charge is 2.34. The number of rotatable bonds is 10. The third-order valence-electron chi connectivity index (χ3n) is 5.05. The Balaban J connectivity index is 2.14. The molecule has 0 unspecified atom stereocenters. The second-order valence-electron chi connectivity index (χ2n) is 8.60. The first-order chi connectivity index (χ1) is 15.2. The lowest BCUT2D eigenvalue weighted by Gasteiger charge is -2.21. The maximum atomic E-state index is 16.0. The Bertz CT molecular complexity index is 1040. The van der Waals surface area contributed by atoms with Gasteiger partial charge in [0.15, 0.2) is 17.4 Å². The predicted octanol–water partition coefficient (Wildman–Crippen LogP) is 5.45. The number of anilines is 1. The zero-order chi connectivity index (χ0) is 23.4. The number of hydrogen-bond acceptors (Lipinski definition) is 6. The number of nitrogens with two attached hydrogens (primary N) is 2. The van der Waals surface area contributed by atoms with Crippen LogP contribution >= 0.6 is 11.8 Å². The van der Waals surface area contributed by atoms with E-state index in [-0.39, 0.29) is 33.6 Å². The summed E-state index contributed by atoms with van der Waals surface area (Å²) in [5.74, 6) is 0.492. The van der Waals surface area contributed by atoms with Crippen molar-refractivity contribution in [1.29, 1.82) is 5.41 Å².